The van der Waals surface area contributed by atoms with E-state index in [1.165, 1.54) is 89.5 Å². The average molecular weight is 504 g/mol. The Bertz CT molecular complexity index is 648. The van der Waals surface area contributed by atoms with Crippen molar-refractivity contribution in [3.8, 4) is 5.75 Å². The molecule has 0 aliphatic heterocycles. The molecule has 0 fully saturated rings. The third kappa shape index (κ3) is 21.5. The van der Waals surface area contributed by atoms with Crippen LogP contribution in [0.3, 0.4) is 0 Å². The number of carbonyl (C=O) groups is 2. The molecular formula is C29H48AlO5. The summed E-state index contributed by atoms with van der Waals surface area (Å²) in [6.45, 7) is 4.31. The molecule has 6 heteroatoms. The number of carbonyl (C=O) groups excluding carboxylic acids is 2. The van der Waals surface area contributed by atoms with Gasteiger partial charge in [0.25, 0.3) is 0 Å². The predicted molar refractivity (Wildman–Crippen MR) is 141 cm³/mol. The van der Waals surface area contributed by atoms with Gasteiger partial charge in [-0.2, -0.15) is 0 Å². The molecule has 0 aromatic heterocycles. The Hall–Kier alpha value is -1.51. The Morgan fingerprint density at radius 1 is 0.686 bits per heavy atom. The second-order valence-corrected chi connectivity index (χ2v) is 9.28. The Labute approximate surface area is 224 Å². The van der Waals surface area contributed by atoms with E-state index in [-0.39, 0.29) is 35.1 Å². The molecule has 5 nitrogen and oxygen atoms in total. The summed E-state index contributed by atoms with van der Waals surface area (Å²) in [5.74, 6) is -2.39. The van der Waals surface area contributed by atoms with Gasteiger partial charge < -0.3 is 24.9 Å². The summed E-state index contributed by atoms with van der Waals surface area (Å²) in [7, 11) is 0. The number of phenols is 1. The molecule has 1 N–H and O–H groups in total. The zero-order chi connectivity index (χ0) is 25.4. The molecule has 197 valence electrons. The van der Waals surface area contributed by atoms with Crippen LogP contribution in [-0.4, -0.2) is 34.4 Å². The zero-order valence-electron chi connectivity index (χ0n) is 22.3. The largest absolute Gasteiger partial charge is 2.00 e. The molecule has 0 atom stereocenters. The van der Waals surface area contributed by atoms with Crippen molar-refractivity contribution in [1.82, 2.24) is 0 Å². The first kappa shape index (κ1) is 35.7. The normalized spacial score (nSPS) is 10.2. The number of hydrogen-bond acceptors (Lipinski definition) is 5. The molecule has 35 heavy (non-hydrogen) atoms. The average Bonchev–Trinajstić information content (AvgIpc) is 2.81. The van der Waals surface area contributed by atoms with Crippen molar-refractivity contribution < 1.29 is 24.9 Å². The van der Waals surface area contributed by atoms with Crippen molar-refractivity contribution in [3.63, 3.8) is 0 Å². The van der Waals surface area contributed by atoms with Gasteiger partial charge in [0.15, 0.2) is 0 Å². The smallest absolute Gasteiger partial charge is 0.550 e. The van der Waals surface area contributed by atoms with Crippen molar-refractivity contribution >= 4 is 29.3 Å². The van der Waals surface area contributed by atoms with E-state index in [1.807, 2.05) is 6.92 Å². The minimum atomic E-state index is -1.33. The van der Waals surface area contributed by atoms with Crippen LogP contribution < -0.4 is 10.2 Å². The van der Waals surface area contributed by atoms with Gasteiger partial charge in [0.2, 0.25) is 0 Å². The van der Waals surface area contributed by atoms with Crippen molar-refractivity contribution in [2.45, 2.75) is 136 Å². The van der Waals surface area contributed by atoms with Crippen molar-refractivity contribution in [2.75, 3.05) is 0 Å². The third-order valence-corrected chi connectivity index (χ3v) is 6.12. The summed E-state index contributed by atoms with van der Waals surface area (Å²) in [6.07, 6.45) is 22.5. The number of carboxylic acid groups (broad SMARTS) is 2. The zero-order valence-corrected chi connectivity index (χ0v) is 23.5. The van der Waals surface area contributed by atoms with E-state index in [9.17, 15) is 24.9 Å². The number of aromatic carboxylic acids is 1. The van der Waals surface area contributed by atoms with Gasteiger partial charge in [-0.05, 0) is 37.3 Å². The van der Waals surface area contributed by atoms with Crippen LogP contribution in [0.5, 0.6) is 5.75 Å². The summed E-state index contributed by atoms with van der Waals surface area (Å²) >= 11 is 0. The van der Waals surface area contributed by atoms with Crippen LogP contribution in [0, 0.1) is 0 Å². The van der Waals surface area contributed by atoms with E-state index >= 15 is 0 Å². The fourth-order valence-corrected chi connectivity index (χ4v) is 3.97. The van der Waals surface area contributed by atoms with Crippen LogP contribution >= 0.6 is 0 Å². The van der Waals surface area contributed by atoms with Crippen molar-refractivity contribution in [2.24, 2.45) is 0 Å². The van der Waals surface area contributed by atoms with Gasteiger partial charge >= 0.3 is 17.4 Å². The van der Waals surface area contributed by atoms with E-state index in [1.54, 1.807) is 12.1 Å². The number of aliphatic carboxylic acids is 1. The molecule has 0 saturated heterocycles. The molecule has 1 rings (SSSR count). The van der Waals surface area contributed by atoms with Crippen LogP contribution in [0.15, 0.2) is 18.2 Å². The molecule has 1 aromatic rings. The monoisotopic (exact) mass is 503 g/mol. The molecule has 0 saturated carbocycles. The first-order valence-corrected chi connectivity index (χ1v) is 13.7. The first-order valence-electron chi connectivity index (χ1n) is 13.7. The number of benzene rings is 1. The standard InChI is InChI=1S/C18H36O2.C11H14O3.Al/c1-2-3-4-5-6-7-8-9-10-11-12-13-14-15-16-17-18(19)20;1-2-3-5-8-6-4-7-9(10(8)12)11(13)14;/h2-17H2,1H3,(H,19,20);4,6-7,12H,2-3,5H2,1H3,(H,13,14);/q;;+2/p-2. The van der Waals surface area contributed by atoms with E-state index in [0.29, 0.717) is 12.0 Å². The summed E-state index contributed by atoms with van der Waals surface area (Å²) in [6, 6.07) is 4.70. The summed E-state index contributed by atoms with van der Waals surface area (Å²) in [4.78, 5) is 20.8. The van der Waals surface area contributed by atoms with E-state index in [0.717, 1.165) is 25.7 Å². The van der Waals surface area contributed by atoms with Gasteiger partial charge in [-0.3, -0.25) is 0 Å². The summed E-state index contributed by atoms with van der Waals surface area (Å²) in [5.41, 5.74) is 0.548. The number of hydrogen-bond donors (Lipinski definition) is 1. The molecule has 0 bridgehead atoms. The fourth-order valence-electron chi connectivity index (χ4n) is 3.97. The van der Waals surface area contributed by atoms with Crippen LogP contribution in [0.1, 0.15) is 145 Å². The van der Waals surface area contributed by atoms with Crippen molar-refractivity contribution in [1.29, 1.82) is 0 Å². The van der Waals surface area contributed by atoms with Crippen LogP contribution in [0.25, 0.3) is 0 Å². The molecule has 0 aliphatic rings. The molecular weight excluding hydrogens is 455 g/mol. The maximum Gasteiger partial charge on any atom is 2.00 e. The van der Waals surface area contributed by atoms with Gasteiger partial charge in [0.05, 0.1) is 5.97 Å². The van der Waals surface area contributed by atoms with Crippen LogP contribution in [0.4, 0.5) is 0 Å². The van der Waals surface area contributed by atoms with E-state index in [2.05, 4.69) is 6.92 Å². The molecule has 0 unspecified atom stereocenters. The second-order valence-electron chi connectivity index (χ2n) is 9.28. The number of unbranched alkanes of at least 4 members (excludes halogenated alkanes) is 15. The predicted octanol–water partition coefficient (Wildman–Crippen LogP) is 5.72. The number of carboxylic acids is 2. The Morgan fingerprint density at radius 2 is 1.11 bits per heavy atom. The number of aromatic hydroxyl groups is 1. The first-order chi connectivity index (χ1) is 16.4. The van der Waals surface area contributed by atoms with Gasteiger partial charge in [0, 0.05) is 11.5 Å². The second kappa shape index (κ2) is 25.6. The van der Waals surface area contributed by atoms with Gasteiger partial charge in [-0.25, -0.2) is 0 Å². The topological polar surface area (TPSA) is 100 Å². The molecule has 1 aromatic carbocycles. The van der Waals surface area contributed by atoms with Crippen LogP contribution in [-0.2, 0) is 11.2 Å². The van der Waals surface area contributed by atoms with E-state index < -0.39 is 11.9 Å². The summed E-state index contributed by atoms with van der Waals surface area (Å²) < 4.78 is 0. The van der Waals surface area contributed by atoms with Gasteiger partial charge in [-0.15, -0.1) is 0 Å². The summed E-state index contributed by atoms with van der Waals surface area (Å²) in [5, 5.41) is 30.4. The SMILES string of the molecule is CCCCCCCCCCCCCCCCCC(=O)[O-].CCCCc1cccc(C(=O)[O-])c1O.[Al+2]. The molecule has 0 heterocycles. The van der Waals surface area contributed by atoms with Crippen molar-refractivity contribution in [3.05, 3.63) is 29.3 Å². The quantitative estimate of drug-likeness (QED) is 0.181. The molecule has 0 amide bonds. The Balaban J connectivity index is 0. The molecule has 0 spiro atoms. The molecule has 0 aliphatic carbocycles. The Kier molecular flexibility index (Phi) is 26.1. The molecule has 1 radical (unpaired) electrons. The third-order valence-electron chi connectivity index (χ3n) is 6.12. The minimum Gasteiger partial charge on any atom is -0.550 e. The fraction of sp³-hybridized carbons (Fsp3) is 0.724. The Morgan fingerprint density at radius 3 is 1.51 bits per heavy atom. The maximum atomic E-state index is 10.6. The van der Waals surface area contributed by atoms with E-state index in [4.69, 9.17) is 0 Å². The number of aryl methyl sites for hydroxylation is 1. The van der Waals surface area contributed by atoms with Crippen LogP contribution in [0.2, 0.25) is 0 Å². The minimum absolute atomic E-state index is 0. The maximum absolute atomic E-state index is 10.6. The van der Waals surface area contributed by atoms with Gasteiger partial charge in [0.1, 0.15) is 5.75 Å². The number of rotatable bonds is 20. The number of para-hydroxylation sites is 1. The van der Waals surface area contributed by atoms with Gasteiger partial charge in [-0.1, -0.05) is 122 Å².